The Hall–Kier alpha value is -3.27. The Morgan fingerprint density at radius 3 is 2.11 bits per heavy atom. The van der Waals surface area contributed by atoms with Crippen LogP contribution in [-0.2, 0) is 0 Å². The third-order valence-electron chi connectivity index (χ3n) is 4.67. The highest BCUT2D eigenvalue weighted by atomic mass is 16.5. The predicted octanol–water partition coefficient (Wildman–Crippen LogP) is 4.71. The van der Waals surface area contributed by atoms with E-state index in [0.717, 1.165) is 27.8 Å². The molecule has 138 valence electrons. The monoisotopic (exact) mass is 361 g/mol. The minimum atomic E-state index is -0.174. The van der Waals surface area contributed by atoms with E-state index in [4.69, 9.17) is 9.47 Å². The van der Waals surface area contributed by atoms with Crippen molar-refractivity contribution in [3.05, 3.63) is 71.8 Å². The van der Waals surface area contributed by atoms with E-state index in [9.17, 15) is 4.79 Å². The van der Waals surface area contributed by atoms with E-state index in [-0.39, 0.29) is 5.91 Å². The molecule has 0 heterocycles. The molecule has 0 aliphatic heterocycles. The highest BCUT2D eigenvalue weighted by Crippen LogP contribution is 2.45. The predicted molar refractivity (Wildman–Crippen MR) is 109 cm³/mol. The molecule has 27 heavy (non-hydrogen) atoms. The number of hydrogen-bond donors (Lipinski definition) is 1. The minimum Gasteiger partial charge on any atom is -0.496 e. The number of methoxy groups -OCH3 is 2. The van der Waals surface area contributed by atoms with Gasteiger partial charge >= 0.3 is 0 Å². The summed E-state index contributed by atoms with van der Waals surface area (Å²) in [5.41, 5.74) is 5.31. The van der Waals surface area contributed by atoms with Gasteiger partial charge in [0.25, 0.3) is 5.91 Å². The molecule has 1 amide bonds. The van der Waals surface area contributed by atoms with Crippen molar-refractivity contribution < 1.29 is 14.3 Å². The van der Waals surface area contributed by atoms with Crippen LogP contribution >= 0.6 is 0 Å². The first-order chi connectivity index (χ1) is 13.1. The smallest absolute Gasteiger partial charge is 0.251 e. The Bertz CT molecular complexity index is 965. The van der Waals surface area contributed by atoms with Crippen LogP contribution < -0.4 is 14.8 Å². The fourth-order valence-corrected chi connectivity index (χ4v) is 3.35. The van der Waals surface area contributed by atoms with Crippen molar-refractivity contribution in [2.24, 2.45) is 0 Å². The lowest BCUT2D eigenvalue weighted by atomic mass is 9.90. The highest BCUT2D eigenvalue weighted by molar-refractivity contribution is 6.00. The first-order valence-corrected chi connectivity index (χ1v) is 8.74. The second-order valence-electron chi connectivity index (χ2n) is 6.15. The fraction of sp³-hybridized carbons (Fsp3) is 0.174. The largest absolute Gasteiger partial charge is 0.496 e. The molecule has 0 radical (unpaired) electrons. The number of carbonyl (C=O) groups excluding carboxylic acids is 1. The zero-order valence-electron chi connectivity index (χ0n) is 16.0. The lowest BCUT2D eigenvalue weighted by Crippen LogP contribution is -2.19. The van der Waals surface area contributed by atoms with Crippen molar-refractivity contribution in [1.29, 1.82) is 0 Å². The van der Waals surface area contributed by atoms with Crippen LogP contribution in [0, 0.1) is 6.92 Å². The molecule has 3 aromatic carbocycles. The van der Waals surface area contributed by atoms with Crippen LogP contribution in [-0.4, -0.2) is 27.2 Å². The van der Waals surface area contributed by atoms with Gasteiger partial charge in [0.2, 0.25) is 0 Å². The summed E-state index contributed by atoms with van der Waals surface area (Å²) in [5.74, 6) is 1.06. The first-order valence-electron chi connectivity index (χ1n) is 8.74. The molecule has 0 aliphatic carbocycles. The third-order valence-corrected chi connectivity index (χ3v) is 4.67. The van der Waals surface area contributed by atoms with Gasteiger partial charge in [-0.3, -0.25) is 4.79 Å². The SMILES string of the molecule is CNC(=O)c1cc(OC)c(-c2ccccc2-c2ccccc2)c(OC)c1C. The molecule has 0 bridgehead atoms. The molecule has 3 rings (SSSR count). The van der Waals surface area contributed by atoms with Crippen LogP contribution in [0.5, 0.6) is 11.5 Å². The molecule has 4 heteroatoms. The van der Waals surface area contributed by atoms with Crippen molar-refractivity contribution in [1.82, 2.24) is 5.32 Å². The Labute approximate surface area is 159 Å². The van der Waals surface area contributed by atoms with Crippen molar-refractivity contribution >= 4 is 5.91 Å². The molecule has 1 N–H and O–H groups in total. The second-order valence-corrected chi connectivity index (χ2v) is 6.15. The molecule has 0 aliphatic rings. The van der Waals surface area contributed by atoms with E-state index in [1.54, 1.807) is 27.3 Å². The van der Waals surface area contributed by atoms with Crippen molar-refractivity contribution in [3.8, 4) is 33.8 Å². The Morgan fingerprint density at radius 2 is 1.52 bits per heavy atom. The maximum Gasteiger partial charge on any atom is 0.251 e. The lowest BCUT2D eigenvalue weighted by molar-refractivity contribution is 0.0961. The standard InChI is InChI=1S/C23H23NO3/c1-15-19(23(25)24-2)14-20(26-3)21(22(15)27-4)18-13-9-8-12-17(18)16-10-6-5-7-11-16/h5-14H,1-4H3,(H,24,25). The Morgan fingerprint density at radius 1 is 0.889 bits per heavy atom. The number of benzene rings is 3. The quantitative estimate of drug-likeness (QED) is 0.716. The van der Waals surface area contributed by atoms with Crippen LogP contribution in [0.15, 0.2) is 60.7 Å². The van der Waals surface area contributed by atoms with Gasteiger partial charge in [-0.2, -0.15) is 0 Å². The van der Waals surface area contributed by atoms with Crippen molar-refractivity contribution in [2.75, 3.05) is 21.3 Å². The van der Waals surface area contributed by atoms with E-state index < -0.39 is 0 Å². The van der Waals surface area contributed by atoms with Gasteiger partial charge in [-0.05, 0) is 29.7 Å². The first kappa shape index (κ1) is 18.5. The van der Waals surface area contributed by atoms with Crippen LogP contribution in [0.1, 0.15) is 15.9 Å². The van der Waals surface area contributed by atoms with Crippen molar-refractivity contribution in [2.45, 2.75) is 6.92 Å². The molecule has 3 aromatic rings. The average Bonchev–Trinajstić information content (AvgIpc) is 2.73. The van der Waals surface area contributed by atoms with E-state index in [1.165, 1.54) is 0 Å². The number of nitrogens with one attached hydrogen (secondary N) is 1. The van der Waals surface area contributed by atoms with Gasteiger partial charge in [-0.1, -0.05) is 54.6 Å². The molecule has 0 saturated heterocycles. The second kappa shape index (κ2) is 7.96. The van der Waals surface area contributed by atoms with E-state index >= 15 is 0 Å². The number of rotatable bonds is 5. The van der Waals surface area contributed by atoms with Gasteiger partial charge in [-0.25, -0.2) is 0 Å². The van der Waals surface area contributed by atoms with Gasteiger partial charge in [0.1, 0.15) is 11.5 Å². The van der Waals surface area contributed by atoms with Gasteiger partial charge in [0.15, 0.2) is 0 Å². The van der Waals surface area contributed by atoms with Gasteiger partial charge < -0.3 is 14.8 Å². The van der Waals surface area contributed by atoms with Crippen LogP contribution in [0.3, 0.4) is 0 Å². The number of carbonyl (C=O) groups is 1. The van der Waals surface area contributed by atoms with Crippen LogP contribution in [0.25, 0.3) is 22.3 Å². The maximum atomic E-state index is 12.3. The van der Waals surface area contributed by atoms with E-state index in [2.05, 4.69) is 23.5 Å². The molecule has 0 atom stereocenters. The molecule has 0 aromatic heterocycles. The molecular weight excluding hydrogens is 338 g/mol. The molecule has 4 nitrogen and oxygen atoms in total. The molecule has 0 spiro atoms. The maximum absolute atomic E-state index is 12.3. The Kier molecular flexibility index (Phi) is 5.46. The number of amides is 1. The molecule has 0 fully saturated rings. The summed E-state index contributed by atoms with van der Waals surface area (Å²) in [6, 6.07) is 20.1. The molecule has 0 unspecified atom stereocenters. The summed E-state index contributed by atoms with van der Waals surface area (Å²) in [4.78, 5) is 12.3. The zero-order valence-corrected chi connectivity index (χ0v) is 16.0. The molecular formula is C23H23NO3. The summed E-state index contributed by atoms with van der Waals surface area (Å²) in [7, 11) is 4.83. The van der Waals surface area contributed by atoms with Crippen LogP contribution in [0.4, 0.5) is 0 Å². The average molecular weight is 361 g/mol. The minimum absolute atomic E-state index is 0.174. The summed E-state index contributed by atoms with van der Waals surface area (Å²) < 4.78 is 11.4. The van der Waals surface area contributed by atoms with Gasteiger partial charge in [-0.15, -0.1) is 0 Å². The zero-order chi connectivity index (χ0) is 19.4. The van der Waals surface area contributed by atoms with Crippen LogP contribution in [0.2, 0.25) is 0 Å². The van der Waals surface area contributed by atoms with Gasteiger partial charge in [0.05, 0.1) is 19.8 Å². The summed E-state index contributed by atoms with van der Waals surface area (Å²) in [6.45, 7) is 1.89. The Balaban J connectivity index is 2.33. The lowest BCUT2D eigenvalue weighted by Gasteiger charge is -2.20. The van der Waals surface area contributed by atoms with E-state index in [0.29, 0.717) is 17.1 Å². The number of ether oxygens (including phenoxy) is 2. The van der Waals surface area contributed by atoms with E-state index in [1.807, 2.05) is 43.3 Å². The summed E-state index contributed by atoms with van der Waals surface area (Å²) in [6.07, 6.45) is 0. The topological polar surface area (TPSA) is 47.6 Å². The number of hydrogen-bond acceptors (Lipinski definition) is 3. The fourth-order valence-electron chi connectivity index (χ4n) is 3.35. The van der Waals surface area contributed by atoms with Gasteiger partial charge in [0, 0.05) is 18.2 Å². The highest BCUT2D eigenvalue weighted by Gasteiger charge is 2.23. The summed E-state index contributed by atoms with van der Waals surface area (Å²) in [5, 5.41) is 2.67. The van der Waals surface area contributed by atoms with Crippen molar-refractivity contribution in [3.63, 3.8) is 0 Å². The third kappa shape index (κ3) is 3.38. The normalized spacial score (nSPS) is 10.4. The molecule has 0 saturated carbocycles. The summed E-state index contributed by atoms with van der Waals surface area (Å²) >= 11 is 0.